The average Bonchev–Trinajstić information content (AvgIpc) is 2.77. The van der Waals surface area contributed by atoms with Crippen molar-refractivity contribution in [3.8, 4) is 0 Å². The predicted octanol–water partition coefficient (Wildman–Crippen LogP) is 2.57. The number of hydrogen-bond acceptors (Lipinski definition) is 5. The molecular formula is C21H14FN5O3. The number of anilines is 1. The molecule has 2 amide bonds. The Morgan fingerprint density at radius 1 is 0.933 bits per heavy atom. The molecule has 0 radical (unpaired) electrons. The molecule has 0 atom stereocenters. The monoisotopic (exact) mass is 403 g/mol. The molecule has 0 bridgehead atoms. The second-order valence-corrected chi connectivity index (χ2v) is 6.23. The summed E-state index contributed by atoms with van der Waals surface area (Å²) < 4.78 is 14.8. The highest BCUT2D eigenvalue weighted by Gasteiger charge is 2.17. The van der Waals surface area contributed by atoms with Gasteiger partial charge in [-0.25, -0.2) is 14.1 Å². The summed E-state index contributed by atoms with van der Waals surface area (Å²) in [4.78, 5) is 45.8. The zero-order valence-electron chi connectivity index (χ0n) is 15.4. The van der Waals surface area contributed by atoms with E-state index >= 15 is 0 Å². The third-order valence-corrected chi connectivity index (χ3v) is 4.31. The molecule has 0 unspecified atom stereocenters. The van der Waals surface area contributed by atoms with Crippen molar-refractivity contribution in [1.29, 1.82) is 0 Å². The summed E-state index contributed by atoms with van der Waals surface area (Å²) >= 11 is 0. The van der Waals surface area contributed by atoms with Gasteiger partial charge in [0.25, 0.3) is 17.4 Å². The first-order valence-electron chi connectivity index (χ1n) is 8.82. The van der Waals surface area contributed by atoms with Crippen LogP contribution >= 0.6 is 0 Å². The molecule has 8 nitrogen and oxygen atoms in total. The van der Waals surface area contributed by atoms with Crippen LogP contribution < -0.4 is 16.3 Å². The first kappa shape index (κ1) is 18.9. The predicted molar refractivity (Wildman–Crippen MR) is 108 cm³/mol. The minimum Gasteiger partial charge on any atom is -0.319 e. The number of nitrogens with zero attached hydrogens (tertiary/aromatic N) is 3. The molecule has 2 heterocycles. The Balaban J connectivity index is 1.77. The SMILES string of the molecule is O=C(Nn1cc(C(=O)Nc2ccccc2F)c2ccccc2c1=O)c1cnccn1. The average molecular weight is 403 g/mol. The number of hydrogen-bond donors (Lipinski definition) is 2. The molecule has 9 heteroatoms. The fourth-order valence-electron chi connectivity index (χ4n) is 2.89. The molecule has 2 aromatic carbocycles. The van der Waals surface area contributed by atoms with Gasteiger partial charge in [0.05, 0.1) is 17.4 Å². The summed E-state index contributed by atoms with van der Waals surface area (Å²) in [6.07, 6.45) is 5.18. The van der Waals surface area contributed by atoms with Crippen LogP contribution in [0, 0.1) is 5.82 Å². The van der Waals surface area contributed by atoms with E-state index in [9.17, 15) is 18.8 Å². The Bertz CT molecular complexity index is 1320. The number of carbonyl (C=O) groups is 2. The number of halogens is 1. The van der Waals surface area contributed by atoms with Crippen LogP contribution in [-0.4, -0.2) is 26.5 Å². The summed E-state index contributed by atoms with van der Waals surface area (Å²) in [5, 5.41) is 3.05. The lowest BCUT2D eigenvalue weighted by atomic mass is 10.1. The van der Waals surface area contributed by atoms with Crippen molar-refractivity contribution < 1.29 is 14.0 Å². The maximum absolute atomic E-state index is 13.9. The Kier molecular flexibility index (Phi) is 5.00. The van der Waals surface area contributed by atoms with Crippen LogP contribution in [0.15, 0.2) is 78.1 Å². The summed E-state index contributed by atoms with van der Waals surface area (Å²) in [5.41, 5.74) is 1.93. The molecule has 4 aromatic rings. The van der Waals surface area contributed by atoms with E-state index in [-0.39, 0.29) is 22.3 Å². The van der Waals surface area contributed by atoms with Crippen LogP contribution in [0.4, 0.5) is 10.1 Å². The van der Waals surface area contributed by atoms with Crippen LogP contribution in [0.2, 0.25) is 0 Å². The maximum Gasteiger partial charge on any atom is 0.290 e. The van der Waals surface area contributed by atoms with Gasteiger partial charge in [0.2, 0.25) is 0 Å². The molecular weight excluding hydrogens is 389 g/mol. The van der Waals surface area contributed by atoms with Crippen LogP contribution in [0.3, 0.4) is 0 Å². The number of para-hydroxylation sites is 1. The molecule has 0 saturated carbocycles. The number of amides is 2. The first-order chi connectivity index (χ1) is 14.5. The van der Waals surface area contributed by atoms with Crippen molar-refractivity contribution in [2.24, 2.45) is 0 Å². The first-order valence-corrected chi connectivity index (χ1v) is 8.82. The Labute approximate surface area is 169 Å². The molecule has 0 aliphatic heterocycles. The standard InChI is InChI=1S/C21H14FN5O3/c22-16-7-3-4-8-17(16)25-19(28)15-12-27(21(30)14-6-2-1-5-13(14)15)26-20(29)18-11-23-9-10-24-18/h1-12H,(H,25,28)(H,26,29). The van der Waals surface area contributed by atoms with E-state index in [1.807, 2.05) is 0 Å². The summed E-state index contributed by atoms with van der Waals surface area (Å²) in [6.45, 7) is 0. The third-order valence-electron chi connectivity index (χ3n) is 4.31. The lowest BCUT2D eigenvalue weighted by Crippen LogP contribution is -2.34. The van der Waals surface area contributed by atoms with Crippen LogP contribution in [0.25, 0.3) is 10.8 Å². The van der Waals surface area contributed by atoms with Gasteiger partial charge in [-0.15, -0.1) is 0 Å². The zero-order chi connectivity index (χ0) is 21.1. The van der Waals surface area contributed by atoms with E-state index in [0.29, 0.717) is 5.39 Å². The minimum atomic E-state index is -0.680. The largest absolute Gasteiger partial charge is 0.319 e. The molecule has 4 rings (SSSR count). The molecule has 2 N–H and O–H groups in total. The highest BCUT2D eigenvalue weighted by atomic mass is 19.1. The van der Waals surface area contributed by atoms with Crippen molar-refractivity contribution >= 4 is 28.3 Å². The fraction of sp³-hybridized carbons (Fsp3) is 0. The molecule has 0 saturated heterocycles. The van der Waals surface area contributed by atoms with E-state index in [2.05, 4.69) is 20.7 Å². The number of fused-ring (bicyclic) bond motifs is 1. The highest BCUT2D eigenvalue weighted by molar-refractivity contribution is 6.12. The number of pyridine rings is 1. The lowest BCUT2D eigenvalue weighted by Gasteiger charge is -2.13. The molecule has 148 valence electrons. The second kappa shape index (κ2) is 7.92. The summed E-state index contributed by atoms with van der Waals surface area (Å²) in [6, 6.07) is 12.2. The van der Waals surface area contributed by atoms with Gasteiger partial charge < -0.3 is 5.32 Å². The van der Waals surface area contributed by atoms with Gasteiger partial charge in [-0.2, -0.15) is 0 Å². The van der Waals surface area contributed by atoms with E-state index in [0.717, 1.165) is 4.68 Å². The van der Waals surface area contributed by atoms with E-state index in [1.54, 1.807) is 24.3 Å². The van der Waals surface area contributed by atoms with Crippen molar-refractivity contribution in [3.05, 3.63) is 101 Å². The van der Waals surface area contributed by atoms with E-state index < -0.39 is 23.2 Å². The highest BCUT2D eigenvalue weighted by Crippen LogP contribution is 2.19. The Hall–Kier alpha value is -4.40. The van der Waals surface area contributed by atoms with Gasteiger partial charge >= 0.3 is 0 Å². The fourth-order valence-corrected chi connectivity index (χ4v) is 2.89. The molecule has 0 spiro atoms. The normalized spacial score (nSPS) is 10.6. The van der Waals surface area contributed by atoms with Crippen molar-refractivity contribution in [1.82, 2.24) is 14.6 Å². The van der Waals surface area contributed by atoms with Gasteiger partial charge in [-0.3, -0.25) is 24.8 Å². The third kappa shape index (κ3) is 3.63. The van der Waals surface area contributed by atoms with Crippen molar-refractivity contribution in [2.75, 3.05) is 10.7 Å². The van der Waals surface area contributed by atoms with Gasteiger partial charge in [0.15, 0.2) is 0 Å². The number of carbonyl (C=O) groups excluding carboxylic acids is 2. The minimum absolute atomic E-state index is 0.00471. The molecule has 30 heavy (non-hydrogen) atoms. The number of aromatic nitrogens is 3. The second-order valence-electron chi connectivity index (χ2n) is 6.23. The van der Waals surface area contributed by atoms with E-state index in [4.69, 9.17) is 0 Å². The van der Waals surface area contributed by atoms with Crippen molar-refractivity contribution in [2.45, 2.75) is 0 Å². The molecule has 0 aliphatic carbocycles. The van der Waals surface area contributed by atoms with Gasteiger partial charge in [-0.05, 0) is 18.2 Å². The van der Waals surface area contributed by atoms with Crippen molar-refractivity contribution in [3.63, 3.8) is 0 Å². The molecule has 0 aliphatic rings. The van der Waals surface area contributed by atoms with Gasteiger partial charge in [0.1, 0.15) is 11.5 Å². The number of rotatable bonds is 4. The lowest BCUT2D eigenvalue weighted by molar-refractivity contribution is 0.0995. The molecule has 0 fully saturated rings. The maximum atomic E-state index is 13.9. The number of nitrogens with one attached hydrogen (secondary N) is 2. The Morgan fingerprint density at radius 3 is 2.40 bits per heavy atom. The van der Waals surface area contributed by atoms with Crippen LogP contribution in [0.5, 0.6) is 0 Å². The van der Waals surface area contributed by atoms with Crippen LogP contribution in [-0.2, 0) is 0 Å². The summed E-state index contributed by atoms with van der Waals surface area (Å²) in [5.74, 6) is -1.92. The topological polar surface area (TPSA) is 106 Å². The quantitative estimate of drug-likeness (QED) is 0.545. The summed E-state index contributed by atoms with van der Waals surface area (Å²) in [7, 11) is 0. The van der Waals surface area contributed by atoms with Gasteiger partial charge in [0, 0.05) is 29.4 Å². The van der Waals surface area contributed by atoms with E-state index in [1.165, 1.54) is 49.1 Å². The van der Waals surface area contributed by atoms with Gasteiger partial charge in [-0.1, -0.05) is 30.3 Å². The molecule has 2 aromatic heterocycles. The smallest absolute Gasteiger partial charge is 0.290 e. The Morgan fingerprint density at radius 2 is 1.67 bits per heavy atom. The van der Waals surface area contributed by atoms with Crippen LogP contribution in [0.1, 0.15) is 20.8 Å². The number of benzene rings is 2. The zero-order valence-corrected chi connectivity index (χ0v) is 15.4.